The van der Waals surface area contributed by atoms with Gasteiger partial charge in [0.15, 0.2) is 12.3 Å². The SMILES string of the molecule is Cc1oc(-c2ccccc2)nc1C(=O)OCC(=O)N(C)C1(C#N)CCCCC1. The minimum atomic E-state index is -0.813. The molecule has 0 aliphatic heterocycles. The summed E-state index contributed by atoms with van der Waals surface area (Å²) in [5, 5.41) is 9.59. The van der Waals surface area contributed by atoms with Crippen molar-refractivity contribution in [3.63, 3.8) is 0 Å². The van der Waals surface area contributed by atoms with Gasteiger partial charge < -0.3 is 14.1 Å². The Morgan fingerprint density at radius 2 is 1.93 bits per heavy atom. The van der Waals surface area contributed by atoms with E-state index in [4.69, 9.17) is 9.15 Å². The molecule has 1 heterocycles. The van der Waals surface area contributed by atoms with E-state index in [9.17, 15) is 14.9 Å². The molecule has 1 aromatic carbocycles. The fraction of sp³-hybridized carbons (Fsp3) is 0.429. The molecular formula is C21H23N3O4. The molecule has 7 heteroatoms. The smallest absolute Gasteiger partial charge is 0.361 e. The number of aromatic nitrogens is 1. The second-order valence-corrected chi connectivity index (χ2v) is 7.02. The van der Waals surface area contributed by atoms with Crippen LogP contribution in [0.25, 0.3) is 11.5 Å². The molecule has 1 aromatic heterocycles. The number of hydrogen-bond donors (Lipinski definition) is 0. The molecule has 1 fully saturated rings. The molecule has 0 radical (unpaired) electrons. The number of carbonyl (C=O) groups excluding carboxylic acids is 2. The Bertz CT molecular complexity index is 892. The van der Waals surface area contributed by atoms with Gasteiger partial charge in [0.2, 0.25) is 5.89 Å². The highest BCUT2D eigenvalue weighted by Crippen LogP contribution is 2.32. The number of ether oxygens (including phenoxy) is 1. The van der Waals surface area contributed by atoms with E-state index >= 15 is 0 Å². The van der Waals surface area contributed by atoms with Crippen LogP contribution in [0, 0.1) is 18.3 Å². The minimum absolute atomic E-state index is 0.0435. The molecule has 28 heavy (non-hydrogen) atoms. The predicted octanol–water partition coefficient (Wildman–Crippen LogP) is 3.49. The second kappa shape index (κ2) is 8.26. The third kappa shape index (κ3) is 3.91. The molecule has 1 aliphatic rings. The van der Waals surface area contributed by atoms with Crippen LogP contribution in [0.5, 0.6) is 0 Å². The summed E-state index contributed by atoms with van der Waals surface area (Å²) in [6.07, 6.45) is 4.16. The largest absolute Gasteiger partial charge is 0.451 e. The van der Waals surface area contributed by atoms with Crippen molar-refractivity contribution in [2.75, 3.05) is 13.7 Å². The molecular weight excluding hydrogens is 358 g/mol. The summed E-state index contributed by atoms with van der Waals surface area (Å²) < 4.78 is 10.7. The maximum atomic E-state index is 12.5. The van der Waals surface area contributed by atoms with Gasteiger partial charge in [0.1, 0.15) is 11.3 Å². The summed E-state index contributed by atoms with van der Waals surface area (Å²) >= 11 is 0. The van der Waals surface area contributed by atoms with E-state index in [1.807, 2.05) is 30.3 Å². The zero-order chi connectivity index (χ0) is 20.1. The lowest BCUT2D eigenvalue weighted by atomic mass is 9.81. The summed E-state index contributed by atoms with van der Waals surface area (Å²) in [7, 11) is 1.60. The first-order valence-corrected chi connectivity index (χ1v) is 9.35. The maximum absolute atomic E-state index is 12.5. The van der Waals surface area contributed by atoms with E-state index < -0.39 is 24.0 Å². The van der Waals surface area contributed by atoms with Crippen LogP contribution in [0.1, 0.15) is 48.4 Å². The highest BCUT2D eigenvalue weighted by molar-refractivity contribution is 5.91. The Morgan fingerprint density at radius 3 is 2.57 bits per heavy atom. The van der Waals surface area contributed by atoms with Gasteiger partial charge in [-0.3, -0.25) is 4.79 Å². The Labute approximate surface area is 163 Å². The predicted molar refractivity (Wildman–Crippen MR) is 101 cm³/mol. The van der Waals surface area contributed by atoms with Gasteiger partial charge >= 0.3 is 5.97 Å². The zero-order valence-corrected chi connectivity index (χ0v) is 16.1. The molecule has 146 valence electrons. The Kier molecular flexibility index (Phi) is 5.78. The number of nitriles is 1. The van der Waals surface area contributed by atoms with E-state index in [1.54, 1.807) is 14.0 Å². The summed E-state index contributed by atoms with van der Waals surface area (Å²) in [6, 6.07) is 11.5. The third-order valence-electron chi connectivity index (χ3n) is 5.24. The van der Waals surface area contributed by atoms with Crippen molar-refractivity contribution in [2.45, 2.75) is 44.6 Å². The first-order valence-electron chi connectivity index (χ1n) is 9.35. The van der Waals surface area contributed by atoms with Gasteiger partial charge in [0.05, 0.1) is 6.07 Å². The number of amides is 1. The standard InChI is InChI=1S/C21H23N3O4/c1-15-18(23-19(28-15)16-9-5-3-6-10-16)20(26)27-13-17(25)24(2)21(14-22)11-7-4-8-12-21/h3,5-6,9-10H,4,7-8,11-13H2,1-2H3. The lowest BCUT2D eigenvalue weighted by molar-refractivity contribution is -0.138. The molecule has 0 saturated heterocycles. The number of oxazole rings is 1. The highest BCUT2D eigenvalue weighted by Gasteiger charge is 2.39. The first-order chi connectivity index (χ1) is 13.5. The number of rotatable bonds is 5. The number of hydrogen-bond acceptors (Lipinski definition) is 6. The van der Waals surface area contributed by atoms with Gasteiger partial charge in [0, 0.05) is 12.6 Å². The molecule has 0 bridgehead atoms. The molecule has 2 aromatic rings. The lowest BCUT2D eigenvalue weighted by Crippen LogP contribution is -2.51. The highest BCUT2D eigenvalue weighted by atomic mass is 16.5. The first kappa shape index (κ1) is 19.6. The average molecular weight is 381 g/mol. The molecule has 3 rings (SSSR count). The van der Waals surface area contributed by atoms with Crippen LogP contribution in [0.15, 0.2) is 34.7 Å². The molecule has 1 aliphatic carbocycles. The van der Waals surface area contributed by atoms with Gasteiger partial charge in [-0.2, -0.15) is 5.26 Å². The van der Waals surface area contributed by atoms with E-state index in [0.717, 1.165) is 24.8 Å². The van der Waals surface area contributed by atoms with Crippen molar-refractivity contribution >= 4 is 11.9 Å². The quantitative estimate of drug-likeness (QED) is 0.736. The van der Waals surface area contributed by atoms with Crippen LogP contribution >= 0.6 is 0 Å². The van der Waals surface area contributed by atoms with Crippen molar-refractivity contribution in [3.05, 3.63) is 41.8 Å². The average Bonchev–Trinajstić information content (AvgIpc) is 3.14. The fourth-order valence-electron chi connectivity index (χ4n) is 3.48. The monoisotopic (exact) mass is 381 g/mol. The normalized spacial score (nSPS) is 15.5. The number of aryl methyl sites for hydroxylation is 1. The number of esters is 1. The molecule has 0 atom stereocenters. The van der Waals surface area contributed by atoms with Crippen LogP contribution in [0.4, 0.5) is 0 Å². The van der Waals surface area contributed by atoms with Crippen LogP contribution in [-0.4, -0.2) is 41.0 Å². The zero-order valence-electron chi connectivity index (χ0n) is 16.1. The van der Waals surface area contributed by atoms with Crippen LogP contribution in [0.3, 0.4) is 0 Å². The molecule has 7 nitrogen and oxygen atoms in total. The van der Waals surface area contributed by atoms with E-state index in [1.165, 1.54) is 4.90 Å². The lowest BCUT2D eigenvalue weighted by Gasteiger charge is -2.38. The Morgan fingerprint density at radius 1 is 1.25 bits per heavy atom. The molecule has 0 spiro atoms. The van der Waals surface area contributed by atoms with Crippen molar-refractivity contribution in [1.82, 2.24) is 9.88 Å². The molecule has 0 unspecified atom stereocenters. The van der Waals surface area contributed by atoms with Crippen molar-refractivity contribution in [2.24, 2.45) is 0 Å². The Hall–Kier alpha value is -3.14. The van der Waals surface area contributed by atoms with Gasteiger partial charge in [-0.15, -0.1) is 0 Å². The topological polar surface area (TPSA) is 96.4 Å². The fourth-order valence-corrected chi connectivity index (χ4v) is 3.48. The Balaban J connectivity index is 1.65. The van der Waals surface area contributed by atoms with E-state index in [0.29, 0.717) is 24.5 Å². The summed E-state index contributed by atoms with van der Waals surface area (Å²) in [6.45, 7) is 1.18. The molecule has 1 saturated carbocycles. The second-order valence-electron chi connectivity index (χ2n) is 7.02. The minimum Gasteiger partial charge on any atom is -0.451 e. The number of likely N-dealkylation sites (N-methyl/N-ethyl adjacent to an activating group) is 1. The van der Waals surface area contributed by atoms with Crippen molar-refractivity contribution in [3.8, 4) is 17.5 Å². The van der Waals surface area contributed by atoms with Crippen LogP contribution in [-0.2, 0) is 9.53 Å². The number of benzene rings is 1. The van der Waals surface area contributed by atoms with Gasteiger partial charge in [0.25, 0.3) is 5.91 Å². The molecule has 0 N–H and O–H groups in total. The van der Waals surface area contributed by atoms with Gasteiger partial charge in [-0.1, -0.05) is 37.5 Å². The number of carbonyl (C=O) groups is 2. The van der Waals surface area contributed by atoms with E-state index in [-0.39, 0.29) is 5.69 Å². The van der Waals surface area contributed by atoms with Crippen molar-refractivity contribution < 1.29 is 18.7 Å². The maximum Gasteiger partial charge on any atom is 0.361 e. The van der Waals surface area contributed by atoms with E-state index in [2.05, 4.69) is 11.1 Å². The van der Waals surface area contributed by atoms with Gasteiger partial charge in [-0.25, -0.2) is 9.78 Å². The van der Waals surface area contributed by atoms with Crippen molar-refractivity contribution in [1.29, 1.82) is 5.26 Å². The molecule has 1 amide bonds. The van der Waals surface area contributed by atoms with Gasteiger partial charge in [-0.05, 0) is 31.9 Å². The van der Waals surface area contributed by atoms with Crippen LogP contribution in [0.2, 0.25) is 0 Å². The summed E-state index contributed by atoms with van der Waals surface area (Å²) in [5.74, 6) is -0.481. The van der Waals surface area contributed by atoms with Crippen LogP contribution < -0.4 is 0 Å². The third-order valence-corrected chi connectivity index (χ3v) is 5.24. The summed E-state index contributed by atoms with van der Waals surface area (Å²) in [4.78, 5) is 30.5. The summed E-state index contributed by atoms with van der Waals surface area (Å²) in [5.41, 5.74) is -0.0258. The number of nitrogens with zero attached hydrogens (tertiary/aromatic N) is 3.